The van der Waals surface area contributed by atoms with E-state index in [1.165, 1.54) is 18.2 Å². The van der Waals surface area contributed by atoms with Crippen LogP contribution in [0.4, 0.5) is 13.2 Å². The fraction of sp³-hybridized carbons (Fsp3) is 0.130. The molecule has 3 rings (SSSR count). The van der Waals surface area contributed by atoms with E-state index in [1.54, 1.807) is 61.6 Å². The first-order chi connectivity index (χ1) is 13.8. The van der Waals surface area contributed by atoms with E-state index >= 15 is 4.39 Å². The van der Waals surface area contributed by atoms with Crippen LogP contribution in [0.5, 0.6) is 11.5 Å². The minimum absolute atomic E-state index is 0.0314. The summed E-state index contributed by atoms with van der Waals surface area (Å²) in [5.41, 5.74) is -0.319. The smallest absolute Gasteiger partial charge is 0.165 e. The normalized spacial score (nSPS) is 12.5. The fourth-order valence-corrected chi connectivity index (χ4v) is 5.09. The van der Waals surface area contributed by atoms with Gasteiger partial charge in [-0.05, 0) is 42.0 Å². The minimum atomic E-state index is -2.83. The van der Waals surface area contributed by atoms with Gasteiger partial charge in [0.15, 0.2) is 19.6 Å². The Hall–Kier alpha value is -2.50. The molecule has 3 aromatic carbocycles. The Kier molecular flexibility index (Phi) is 6.50. The third kappa shape index (κ3) is 5.11. The molecule has 0 aliphatic rings. The SMILES string of the molecule is C[Si](C)(/C(F)=C(\F)Cc1ccc(F)c(Oc2ccccc2)c1)c1ccc(Cl)cc1. The van der Waals surface area contributed by atoms with Gasteiger partial charge in [-0.25, -0.2) is 13.2 Å². The molecule has 0 aliphatic carbocycles. The summed E-state index contributed by atoms with van der Waals surface area (Å²) in [6, 6.07) is 19.5. The summed E-state index contributed by atoms with van der Waals surface area (Å²) >= 11 is 5.89. The number of benzene rings is 3. The molecule has 0 heterocycles. The number of para-hydroxylation sites is 1. The largest absolute Gasteiger partial charge is 0.454 e. The summed E-state index contributed by atoms with van der Waals surface area (Å²) in [5, 5.41) is 1.28. The number of rotatable bonds is 6. The first-order valence-corrected chi connectivity index (χ1v) is 12.5. The van der Waals surface area contributed by atoms with Gasteiger partial charge in [0, 0.05) is 11.4 Å². The second-order valence-electron chi connectivity index (χ2n) is 7.21. The molecule has 0 bridgehead atoms. The molecule has 0 N–H and O–H groups in total. The third-order valence-electron chi connectivity index (χ3n) is 4.68. The van der Waals surface area contributed by atoms with Crippen molar-refractivity contribution in [2.45, 2.75) is 19.5 Å². The van der Waals surface area contributed by atoms with Gasteiger partial charge in [0.2, 0.25) is 0 Å². The van der Waals surface area contributed by atoms with Crippen LogP contribution in [0, 0.1) is 5.82 Å². The van der Waals surface area contributed by atoms with Crippen LogP contribution in [-0.2, 0) is 6.42 Å². The third-order valence-corrected chi connectivity index (χ3v) is 8.08. The highest BCUT2D eigenvalue weighted by Gasteiger charge is 2.32. The van der Waals surface area contributed by atoms with Gasteiger partial charge < -0.3 is 4.74 Å². The second-order valence-corrected chi connectivity index (χ2v) is 11.9. The van der Waals surface area contributed by atoms with Gasteiger partial charge in [0.25, 0.3) is 0 Å². The Morgan fingerprint density at radius 2 is 1.59 bits per heavy atom. The van der Waals surface area contributed by atoms with Gasteiger partial charge >= 0.3 is 0 Å². The van der Waals surface area contributed by atoms with Crippen molar-refractivity contribution >= 4 is 24.9 Å². The molecule has 0 spiro atoms. The molecular weight excluding hydrogens is 413 g/mol. The summed E-state index contributed by atoms with van der Waals surface area (Å²) in [7, 11) is -2.83. The summed E-state index contributed by atoms with van der Waals surface area (Å²) < 4.78 is 49.4. The molecule has 150 valence electrons. The lowest BCUT2D eigenvalue weighted by molar-refractivity contribution is 0.441. The lowest BCUT2D eigenvalue weighted by atomic mass is 10.1. The average Bonchev–Trinajstić information content (AvgIpc) is 2.71. The molecular formula is C23H20ClF3OSi. The van der Waals surface area contributed by atoms with E-state index < -0.39 is 25.2 Å². The van der Waals surface area contributed by atoms with Crippen LogP contribution in [0.3, 0.4) is 0 Å². The zero-order valence-electron chi connectivity index (χ0n) is 16.1. The highest BCUT2D eigenvalue weighted by molar-refractivity contribution is 6.95. The summed E-state index contributed by atoms with van der Waals surface area (Å²) in [6.07, 6.45) is -0.277. The van der Waals surface area contributed by atoms with E-state index in [1.807, 2.05) is 6.07 Å². The summed E-state index contributed by atoms with van der Waals surface area (Å²) in [6.45, 7) is 3.47. The summed E-state index contributed by atoms with van der Waals surface area (Å²) in [5.74, 6) is -0.995. The van der Waals surface area contributed by atoms with Crippen molar-refractivity contribution in [1.82, 2.24) is 0 Å². The second kappa shape index (κ2) is 8.89. The van der Waals surface area contributed by atoms with Crippen molar-refractivity contribution in [3.05, 3.63) is 100 Å². The van der Waals surface area contributed by atoms with Gasteiger partial charge in [-0.15, -0.1) is 0 Å². The standard InChI is InChI=1S/C23H20ClF3OSi/c1-29(2,19-11-9-17(24)10-12-19)23(27)21(26)14-16-8-13-20(25)22(15-16)28-18-6-4-3-5-7-18/h3-13,15H,14H2,1-2H3/b23-21-. The van der Waals surface area contributed by atoms with Gasteiger partial charge in [-0.3, -0.25) is 0 Å². The summed E-state index contributed by atoms with van der Waals surface area (Å²) in [4.78, 5) is 0. The number of ether oxygens (including phenoxy) is 1. The predicted molar refractivity (Wildman–Crippen MR) is 114 cm³/mol. The Morgan fingerprint density at radius 1 is 0.931 bits per heavy atom. The van der Waals surface area contributed by atoms with Crippen molar-refractivity contribution in [1.29, 1.82) is 0 Å². The van der Waals surface area contributed by atoms with E-state index in [0.29, 0.717) is 16.3 Å². The lowest BCUT2D eigenvalue weighted by Gasteiger charge is -2.21. The molecule has 0 aromatic heterocycles. The van der Waals surface area contributed by atoms with Crippen molar-refractivity contribution in [3.63, 3.8) is 0 Å². The van der Waals surface area contributed by atoms with Gasteiger partial charge in [-0.1, -0.05) is 66.3 Å². The molecule has 0 aliphatic heterocycles. The number of hydrogen-bond donors (Lipinski definition) is 0. The number of hydrogen-bond acceptors (Lipinski definition) is 1. The molecule has 0 saturated carbocycles. The van der Waals surface area contributed by atoms with Crippen LogP contribution in [0.25, 0.3) is 0 Å². The van der Waals surface area contributed by atoms with E-state index in [-0.39, 0.29) is 12.2 Å². The molecule has 0 unspecified atom stereocenters. The van der Waals surface area contributed by atoms with Crippen molar-refractivity contribution < 1.29 is 17.9 Å². The molecule has 0 saturated heterocycles. The molecule has 0 atom stereocenters. The maximum absolute atomic E-state index is 15.0. The number of allylic oxidation sites excluding steroid dienone is 1. The van der Waals surface area contributed by atoms with Crippen LogP contribution < -0.4 is 9.92 Å². The monoisotopic (exact) mass is 432 g/mol. The minimum Gasteiger partial charge on any atom is -0.454 e. The highest BCUT2D eigenvalue weighted by Crippen LogP contribution is 2.29. The van der Waals surface area contributed by atoms with Crippen molar-refractivity contribution in [2.75, 3.05) is 0 Å². The quantitative estimate of drug-likeness (QED) is 0.377. The van der Waals surface area contributed by atoms with E-state index in [2.05, 4.69) is 0 Å². The van der Waals surface area contributed by atoms with Crippen LogP contribution in [0.1, 0.15) is 5.56 Å². The topological polar surface area (TPSA) is 9.23 Å². The first kappa shape index (κ1) is 21.2. The van der Waals surface area contributed by atoms with Crippen LogP contribution in [-0.4, -0.2) is 8.07 Å². The average molecular weight is 433 g/mol. The van der Waals surface area contributed by atoms with Crippen molar-refractivity contribution in [2.24, 2.45) is 0 Å². The highest BCUT2D eigenvalue weighted by atomic mass is 35.5. The first-order valence-electron chi connectivity index (χ1n) is 9.09. The molecule has 0 amide bonds. The zero-order valence-corrected chi connectivity index (χ0v) is 17.8. The van der Waals surface area contributed by atoms with E-state index in [0.717, 1.165) is 5.19 Å². The Bertz CT molecular complexity index is 1020. The van der Waals surface area contributed by atoms with Gasteiger partial charge in [0.05, 0.1) is 0 Å². The Balaban J connectivity index is 1.84. The molecule has 29 heavy (non-hydrogen) atoms. The Morgan fingerprint density at radius 3 is 2.24 bits per heavy atom. The molecule has 0 radical (unpaired) electrons. The Labute approximate surface area is 174 Å². The number of halogens is 4. The lowest BCUT2D eigenvalue weighted by Crippen LogP contribution is -2.43. The van der Waals surface area contributed by atoms with E-state index in [4.69, 9.17) is 16.3 Å². The van der Waals surface area contributed by atoms with Crippen LogP contribution in [0.15, 0.2) is 84.1 Å². The maximum Gasteiger partial charge on any atom is 0.165 e. The van der Waals surface area contributed by atoms with Gasteiger partial charge in [-0.2, -0.15) is 0 Å². The van der Waals surface area contributed by atoms with Crippen LogP contribution >= 0.6 is 11.6 Å². The van der Waals surface area contributed by atoms with Crippen LogP contribution in [0.2, 0.25) is 18.1 Å². The van der Waals surface area contributed by atoms with Crippen molar-refractivity contribution in [3.8, 4) is 11.5 Å². The molecule has 6 heteroatoms. The van der Waals surface area contributed by atoms with Gasteiger partial charge in [0.1, 0.15) is 17.0 Å². The fourth-order valence-electron chi connectivity index (χ4n) is 2.94. The molecule has 0 fully saturated rings. The maximum atomic E-state index is 15.0. The molecule has 3 aromatic rings. The van der Waals surface area contributed by atoms with E-state index in [9.17, 15) is 8.78 Å². The molecule has 1 nitrogen and oxygen atoms in total. The zero-order chi connectivity index (χ0) is 21.0. The predicted octanol–water partition coefficient (Wildman–Crippen LogP) is 7.12.